The summed E-state index contributed by atoms with van der Waals surface area (Å²) in [5.41, 5.74) is 4.98. The smallest absolute Gasteiger partial charge is 0.164 e. The van der Waals surface area contributed by atoms with Gasteiger partial charge in [-0.05, 0) is 40.3 Å². The average Bonchev–Trinajstić information content (AvgIpc) is 3.19. The summed E-state index contributed by atoms with van der Waals surface area (Å²) in [5.74, 6) is 0.0238. The standard InChI is InChI=1S/C30H33NO2Si/c1-30(2,3)34(4,5)27(21-12-7-6-8-13-21)20-22-17-18-26-29(28(22)24(32)15-11-19-31)23-14-9-10-16-25(23)33-26/h6-10,12-14,16-18,27H,11,15,20H2,1-5H3. The van der Waals surface area contributed by atoms with Crippen LogP contribution in [-0.4, -0.2) is 13.9 Å². The maximum Gasteiger partial charge on any atom is 0.164 e. The Morgan fingerprint density at radius 3 is 2.32 bits per heavy atom. The molecule has 0 saturated carbocycles. The van der Waals surface area contributed by atoms with Gasteiger partial charge in [-0.25, -0.2) is 0 Å². The van der Waals surface area contributed by atoms with E-state index in [2.05, 4.69) is 76.3 Å². The van der Waals surface area contributed by atoms with Crippen molar-refractivity contribution in [2.45, 2.75) is 63.7 Å². The summed E-state index contributed by atoms with van der Waals surface area (Å²) in [7, 11) is -1.83. The molecule has 0 N–H and O–H groups in total. The second-order valence-corrected chi connectivity index (χ2v) is 16.4. The molecule has 0 bridgehead atoms. The van der Waals surface area contributed by atoms with Gasteiger partial charge in [-0.2, -0.15) is 5.26 Å². The third kappa shape index (κ3) is 4.33. The highest BCUT2D eigenvalue weighted by molar-refractivity contribution is 6.81. The molecular formula is C30H33NO2Si. The van der Waals surface area contributed by atoms with Gasteiger partial charge in [0, 0.05) is 29.2 Å². The fourth-order valence-electron chi connectivity index (χ4n) is 4.86. The van der Waals surface area contributed by atoms with Crippen molar-refractivity contribution < 1.29 is 9.21 Å². The van der Waals surface area contributed by atoms with E-state index in [4.69, 9.17) is 9.68 Å². The van der Waals surface area contributed by atoms with Crippen LogP contribution in [0.2, 0.25) is 18.1 Å². The minimum Gasteiger partial charge on any atom is -0.456 e. The first-order valence-electron chi connectivity index (χ1n) is 12.0. The van der Waals surface area contributed by atoms with E-state index in [9.17, 15) is 4.79 Å². The number of furan rings is 1. The number of nitriles is 1. The lowest BCUT2D eigenvalue weighted by Gasteiger charge is -2.44. The van der Waals surface area contributed by atoms with E-state index in [1.54, 1.807) is 0 Å². The Morgan fingerprint density at radius 1 is 0.971 bits per heavy atom. The highest BCUT2D eigenvalue weighted by Gasteiger charge is 2.43. The summed E-state index contributed by atoms with van der Waals surface area (Å²) >= 11 is 0. The van der Waals surface area contributed by atoms with E-state index in [1.165, 1.54) is 5.56 Å². The Balaban J connectivity index is 1.94. The van der Waals surface area contributed by atoms with Crippen molar-refractivity contribution in [2.24, 2.45) is 0 Å². The Hall–Kier alpha value is -3.16. The summed E-state index contributed by atoms with van der Waals surface area (Å²) in [6.07, 6.45) is 1.23. The van der Waals surface area contributed by atoms with Gasteiger partial charge >= 0.3 is 0 Å². The number of carbonyl (C=O) groups is 1. The fourth-order valence-corrected chi connectivity index (χ4v) is 7.66. The molecule has 1 atom stereocenters. The highest BCUT2D eigenvalue weighted by Crippen LogP contribution is 2.47. The Morgan fingerprint density at radius 2 is 1.65 bits per heavy atom. The number of ketones is 1. The molecule has 0 aliphatic rings. The van der Waals surface area contributed by atoms with Crippen molar-refractivity contribution in [1.82, 2.24) is 0 Å². The SMILES string of the molecule is CC(C)(C)[Si](C)(C)C(Cc1ccc2oc3ccccc3c2c1C(=O)CCC#N)c1ccccc1. The number of fused-ring (bicyclic) bond motifs is 3. The van der Waals surface area contributed by atoms with Crippen LogP contribution in [0.4, 0.5) is 0 Å². The first-order valence-corrected chi connectivity index (χ1v) is 15.1. The number of para-hydroxylation sites is 1. The van der Waals surface area contributed by atoms with E-state index in [1.807, 2.05) is 30.3 Å². The van der Waals surface area contributed by atoms with Crippen LogP contribution in [0.5, 0.6) is 0 Å². The second-order valence-electron chi connectivity index (χ2n) is 10.8. The van der Waals surface area contributed by atoms with Gasteiger partial charge in [-0.1, -0.05) is 88.5 Å². The molecule has 0 spiro atoms. The maximum atomic E-state index is 13.6. The molecule has 174 valence electrons. The predicted octanol–water partition coefficient (Wildman–Crippen LogP) is 8.45. The van der Waals surface area contributed by atoms with E-state index in [0.717, 1.165) is 39.5 Å². The molecule has 1 unspecified atom stereocenters. The zero-order chi connectivity index (χ0) is 24.5. The quantitative estimate of drug-likeness (QED) is 0.202. The molecule has 4 heteroatoms. The first-order chi connectivity index (χ1) is 16.1. The largest absolute Gasteiger partial charge is 0.456 e. The number of hydrogen-bond donors (Lipinski definition) is 0. The third-order valence-corrected chi connectivity index (χ3v) is 13.9. The Labute approximate surface area is 203 Å². The topological polar surface area (TPSA) is 54.0 Å². The van der Waals surface area contributed by atoms with Gasteiger partial charge < -0.3 is 4.42 Å². The molecule has 0 saturated heterocycles. The number of benzene rings is 3. The maximum absolute atomic E-state index is 13.6. The average molecular weight is 468 g/mol. The molecule has 3 aromatic carbocycles. The molecule has 1 heterocycles. The molecule has 0 aliphatic carbocycles. The van der Waals surface area contributed by atoms with Gasteiger partial charge in [0.25, 0.3) is 0 Å². The summed E-state index contributed by atoms with van der Waals surface area (Å²) in [4.78, 5) is 13.6. The van der Waals surface area contributed by atoms with Crippen molar-refractivity contribution >= 4 is 35.8 Å². The van der Waals surface area contributed by atoms with Gasteiger partial charge in [0.05, 0.1) is 14.1 Å². The van der Waals surface area contributed by atoms with Crippen LogP contribution in [0.1, 0.15) is 60.6 Å². The summed E-state index contributed by atoms with van der Waals surface area (Å²) in [6, 6.07) is 24.9. The lowest BCUT2D eigenvalue weighted by molar-refractivity contribution is 0.0985. The van der Waals surface area contributed by atoms with E-state index in [0.29, 0.717) is 5.54 Å². The van der Waals surface area contributed by atoms with Crippen molar-refractivity contribution in [3.63, 3.8) is 0 Å². The highest BCUT2D eigenvalue weighted by atomic mass is 28.3. The predicted molar refractivity (Wildman–Crippen MR) is 143 cm³/mol. The number of nitrogens with zero attached hydrogens (tertiary/aromatic N) is 1. The van der Waals surface area contributed by atoms with Crippen molar-refractivity contribution in [2.75, 3.05) is 0 Å². The van der Waals surface area contributed by atoms with E-state index < -0.39 is 8.07 Å². The molecule has 0 aliphatic heterocycles. The van der Waals surface area contributed by atoms with Crippen LogP contribution in [0.15, 0.2) is 71.1 Å². The summed E-state index contributed by atoms with van der Waals surface area (Å²) in [6.45, 7) is 12.0. The zero-order valence-electron chi connectivity index (χ0n) is 20.8. The van der Waals surface area contributed by atoms with Gasteiger partial charge in [0.2, 0.25) is 0 Å². The van der Waals surface area contributed by atoms with Gasteiger partial charge in [-0.3, -0.25) is 4.79 Å². The van der Waals surface area contributed by atoms with Crippen LogP contribution in [0.3, 0.4) is 0 Å². The molecule has 34 heavy (non-hydrogen) atoms. The number of Topliss-reactive ketones (excluding diaryl/α,β-unsaturated/α-hetero) is 1. The first kappa shape index (κ1) is 24.0. The molecule has 4 aromatic rings. The molecular weight excluding hydrogens is 434 g/mol. The Kier molecular flexibility index (Phi) is 6.51. The lowest BCUT2D eigenvalue weighted by atomic mass is 9.91. The van der Waals surface area contributed by atoms with Crippen LogP contribution in [0.25, 0.3) is 21.9 Å². The second kappa shape index (κ2) is 9.23. The molecule has 4 rings (SSSR count). The third-order valence-electron chi connectivity index (χ3n) is 7.80. The fraction of sp³-hybridized carbons (Fsp3) is 0.333. The van der Waals surface area contributed by atoms with Crippen LogP contribution >= 0.6 is 0 Å². The lowest BCUT2D eigenvalue weighted by Crippen LogP contribution is -2.45. The number of carbonyl (C=O) groups excluding carboxylic acids is 1. The molecule has 3 nitrogen and oxygen atoms in total. The van der Waals surface area contributed by atoms with Crippen LogP contribution < -0.4 is 0 Å². The molecule has 0 amide bonds. The van der Waals surface area contributed by atoms with Crippen molar-refractivity contribution in [1.29, 1.82) is 5.26 Å². The van der Waals surface area contributed by atoms with Crippen molar-refractivity contribution in [3.05, 3.63) is 83.4 Å². The number of rotatable bonds is 7. The minimum absolute atomic E-state index is 0.0238. The monoisotopic (exact) mass is 467 g/mol. The van der Waals surface area contributed by atoms with Crippen LogP contribution in [-0.2, 0) is 6.42 Å². The van der Waals surface area contributed by atoms with Gasteiger partial charge in [0.1, 0.15) is 11.2 Å². The molecule has 0 fully saturated rings. The zero-order valence-corrected chi connectivity index (χ0v) is 21.8. The van der Waals surface area contributed by atoms with E-state index in [-0.39, 0.29) is 23.7 Å². The van der Waals surface area contributed by atoms with Crippen molar-refractivity contribution in [3.8, 4) is 6.07 Å². The van der Waals surface area contributed by atoms with Gasteiger partial charge in [0.15, 0.2) is 5.78 Å². The normalized spacial score (nSPS) is 13.2. The summed E-state index contributed by atoms with van der Waals surface area (Å²) < 4.78 is 6.11. The Bertz CT molecular complexity index is 1370. The minimum atomic E-state index is -1.83. The van der Waals surface area contributed by atoms with Crippen LogP contribution in [0, 0.1) is 11.3 Å². The molecule has 0 radical (unpaired) electrons. The molecule has 1 aromatic heterocycles. The summed E-state index contributed by atoms with van der Waals surface area (Å²) in [5, 5.41) is 11.2. The van der Waals surface area contributed by atoms with Gasteiger partial charge in [-0.15, -0.1) is 0 Å². The number of hydrogen-bond acceptors (Lipinski definition) is 3. The van der Waals surface area contributed by atoms with E-state index >= 15 is 0 Å².